The van der Waals surface area contributed by atoms with Crippen molar-refractivity contribution in [1.29, 1.82) is 0 Å². The van der Waals surface area contributed by atoms with E-state index in [2.05, 4.69) is 364 Å². The first kappa shape index (κ1) is 85.9. The molecule has 27 rings (SSSR count). The molecule has 0 unspecified atom stereocenters. The Morgan fingerprint density at radius 3 is 1.12 bits per heavy atom. The highest BCUT2D eigenvalue weighted by molar-refractivity contribution is 9.11. The molecule has 0 bridgehead atoms. The molecule has 10 heterocycles. The second-order valence-corrected chi connectivity index (χ2v) is 36.6. The Kier molecular flexibility index (Phi) is 23.4. The Hall–Kier alpha value is -16.3. The van der Waals surface area contributed by atoms with E-state index in [1.165, 1.54) is 48.5 Å². The van der Waals surface area contributed by atoms with Crippen LogP contribution in [-0.2, 0) is 0 Å². The summed E-state index contributed by atoms with van der Waals surface area (Å²) in [4.78, 5) is 51.8. The molecule has 27 aromatic rings. The second-order valence-electron chi connectivity index (χ2n) is 33.2. The molecule has 0 radical (unpaired) electrons. The fourth-order valence-electron chi connectivity index (χ4n) is 18.4. The zero-order chi connectivity index (χ0) is 92.7. The van der Waals surface area contributed by atoms with Crippen molar-refractivity contribution in [3.63, 3.8) is 0 Å². The summed E-state index contributed by atoms with van der Waals surface area (Å²) >= 11 is 23.2. The van der Waals surface area contributed by atoms with Crippen LogP contribution in [-0.4, -0.2) is 68.5 Å². The van der Waals surface area contributed by atoms with Gasteiger partial charge in [0.2, 0.25) is 22.5 Å². The van der Waals surface area contributed by atoms with Gasteiger partial charge < -0.3 is 0 Å². The highest BCUT2D eigenvalue weighted by atomic mass is 79.9. The lowest BCUT2D eigenvalue weighted by Crippen LogP contribution is -2.03. The maximum Gasteiger partial charge on any atom is 0.235 e. The van der Waals surface area contributed by atoms with Crippen LogP contribution in [0.4, 0.5) is 0 Å². The lowest BCUT2D eigenvalue weighted by Gasteiger charge is -2.12. The standard InChI is InChI=1S/2C26H16BrN3.C25H15BrN4.C24H15ClN2.C18H11ClN2/c27-18-14-15-24-21(16-18)19-10-5-7-13-23(19)30(24)26-28-22-12-6-4-11-20(22)25(29-26)17-8-2-1-3-9-17;27-19-10-11-23-21(15-19)22-16-28-13-12-24(22)30(23)25-14-18-8-4-5-9-20(18)26(29-25)17-6-2-1-3-7-17;26-17-12-13-21-19(15-17)24-22(11-6-14-27-24)30(21)25-28-20-10-5-4-9-18(20)23(29-25)16-7-2-1-3-8-16;25-24-26-22(20-11-9-16-5-1-3-7-18(16)13-20)15-23(27-24)21-12-10-17-6-2-4-8-19(17)14-21;19-18-20-16-8-4-3-7-15(16)17(21-18)14-10-9-12-5-1-2-6-13(12)11-14/h2*1-16H;1-15H;1-15H;1-11H. The highest BCUT2D eigenvalue weighted by Crippen LogP contribution is 2.42. The molecule has 654 valence electrons. The molecule has 0 amide bonds. The summed E-state index contributed by atoms with van der Waals surface area (Å²) in [7, 11) is 0. The smallest absolute Gasteiger partial charge is 0.235 e. The van der Waals surface area contributed by atoms with E-state index < -0.39 is 0 Å². The van der Waals surface area contributed by atoms with Crippen LogP contribution in [0.2, 0.25) is 10.6 Å². The number of benzene rings is 17. The Labute approximate surface area is 826 Å². The zero-order valence-corrected chi connectivity index (χ0v) is 79.6. The summed E-state index contributed by atoms with van der Waals surface area (Å²) in [6, 6.07) is 145. The van der Waals surface area contributed by atoms with Crippen LogP contribution >= 0.6 is 71.0 Å². The fourth-order valence-corrected chi connectivity index (χ4v) is 19.8. The number of aromatic nitrogens is 14. The topological polar surface area (TPSA) is 157 Å². The van der Waals surface area contributed by atoms with E-state index in [1.807, 2.05) is 170 Å². The molecule has 0 N–H and O–H groups in total. The van der Waals surface area contributed by atoms with Crippen LogP contribution < -0.4 is 0 Å². The molecule has 14 nitrogen and oxygen atoms in total. The Balaban J connectivity index is 0.0000000971. The third-order valence-electron chi connectivity index (χ3n) is 24.7. The average molecular weight is 2010 g/mol. The number of para-hydroxylation sites is 4. The van der Waals surface area contributed by atoms with E-state index in [1.54, 1.807) is 0 Å². The Morgan fingerprint density at radius 1 is 0.210 bits per heavy atom. The molecule has 0 saturated heterocycles. The predicted molar refractivity (Wildman–Crippen MR) is 579 cm³/mol. The summed E-state index contributed by atoms with van der Waals surface area (Å²) in [5.74, 6) is 2.23. The van der Waals surface area contributed by atoms with E-state index in [-0.39, 0.29) is 10.6 Å². The molecule has 17 aromatic carbocycles. The second kappa shape index (κ2) is 37.5. The third kappa shape index (κ3) is 16.9. The van der Waals surface area contributed by atoms with Crippen LogP contribution in [0.15, 0.2) is 457 Å². The van der Waals surface area contributed by atoms with Crippen molar-refractivity contribution in [3.8, 4) is 85.3 Å². The van der Waals surface area contributed by atoms with Crippen LogP contribution in [0.1, 0.15) is 0 Å². The fraction of sp³-hybridized carbons (Fsp3) is 0. The van der Waals surface area contributed by atoms with Crippen LogP contribution in [0.5, 0.6) is 0 Å². The van der Waals surface area contributed by atoms with Crippen molar-refractivity contribution in [1.82, 2.24) is 68.5 Å². The number of hydrogen-bond acceptors (Lipinski definition) is 11. The monoisotopic (exact) mass is 2000 g/mol. The molecule has 0 aliphatic heterocycles. The van der Waals surface area contributed by atoms with Gasteiger partial charge in [0.05, 0.1) is 89.3 Å². The van der Waals surface area contributed by atoms with E-state index in [0.717, 1.165) is 180 Å². The summed E-state index contributed by atoms with van der Waals surface area (Å²) in [5, 5.41) is 18.8. The quantitative estimate of drug-likeness (QED) is 0.127. The molecular formula is C119H73Br3Cl2N14. The normalized spacial score (nSPS) is 11.4. The van der Waals surface area contributed by atoms with Gasteiger partial charge in [0, 0.05) is 114 Å². The summed E-state index contributed by atoms with van der Waals surface area (Å²) in [6.07, 6.45) is 5.59. The van der Waals surface area contributed by atoms with Crippen LogP contribution in [0.3, 0.4) is 0 Å². The maximum absolute atomic E-state index is 6.26. The number of hydrogen-bond donors (Lipinski definition) is 0. The minimum absolute atomic E-state index is 0.254. The third-order valence-corrected chi connectivity index (χ3v) is 26.5. The van der Waals surface area contributed by atoms with Crippen LogP contribution in [0, 0.1) is 0 Å². The van der Waals surface area contributed by atoms with E-state index in [0.29, 0.717) is 11.9 Å². The van der Waals surface area contributed by atoms with Gasteiger partial charge in [-0.05, 0) is 188 Å². The molecule has 19 heteroatoms. The highest BCUT2D eigenvalue weighted by Gasteiger charge is 2.23. The van der Waals surface area contributed by atoms with Crippen molar-refractivity contribution >= 4 is 212 Å². The lowest BCUT2D eigenvalue weighted by atomic mass is 10.0. The summed E-state index contributed by atoms with van der Waals surface area (Å²) < 4.78 is 9.62. The Morgan fingerprint density at radius 2 is 0.587 bits per heavy atom. The van der Waals surface area contributed by atoms with Crippen LogP contribution in [0.25, 0.3) is 227 Å². The summed E-state index contributed by atoms with van der Waals surface area (Å²) in [6.45, 7) is 0. The first-order valence-electron chi connectivity index (χ1n) is 44.8. The molecule has 0 saturated carbocycles. The number of pyridine rings is 3. The van der Waals surface area contributed by atoms with Gasteiger partial charge in [0.1, 0.15) is 5.82 Å². The molecule has 10 aromatic heterocycles. The van der Waals surface area contributed by atoms with E-state index in [4.69, 9.17) is 48.1 Å². The SMILES string of the molecule is Brc1ccc2c(c1)c1ccccc1n2-c1nc(-c2ccccc2)c2ccccc2n1.Brc1ccc2c(c1)c1cnccc1n2-c1cc2ccccc2c(-c2ccccc2)n1.Brc1ccc2c(c1)c1ncccc1n2-c1nc(-c2ccccc2)c2ccccc2n1.Clc1nc(-c2ccc3ccccc3c2)c2ccccc2n1.Clc1nc(-c2ccc3ccccc3c2)cc(-c2ccc3ccccc3c2)n1. The van der Waals surface area contributed by atoms with E-state index >= 15 is 0 Å². The first-order chi connectivity index (χ1) is 67.9. The zero-order valence-electron chi connectivity index (χ0n) is 73.3. The van der Waals surface area contributed by atoms with Crippen molar-refractivity contribution in [2.24, 2.45) is 0 Å². The Bertz CT molecular complexity index is 8750. The van der Waals surface area contributed by atoms with Gasteiger partial charge in [-0.2, -0.15) is 0 Å². The largest absolute Gasteiger partial charge is 0.294 e. The van der Waals surface area contributed by atoms with Gasteiger partial charge in [-0.15, -0.1) is 0 Å². The lowest BCUT2D eigenvalue weighted by molar-refractivity contribution is 1.01. The van der Waals surface area contributed by atoms with Gasteiger partial charge in [0.15, 0.2) is 0 Å². The molecule has 0 atom stereocenters. The van der Waals surface area contributed by atoms with Gasteiger partial charge in [0.25, 0.3) is 0 Å². The first-order valence-corrected chi connectivity index (χ1v) is 47.9. The molecular weight excluding hydrogens is 1940 g/mol. The maximum atomic E-state index is 6.26. The minimum atomic E-state index is 0.254. The summed E-state index contributed by atoms with van der Waals surface area (Å²) in [5.41, 5.74) is 21.8. The molecule has 138 heavy (non-hydrogen) atoms. The van der Waals surface area contributed by atoms with Gasteiger partial charge in [-0.3, -0.25) is 23.7 Å². The molecule has 0 spiro atoms. The molecule has 0 aliphatic rings. The molecule has 0 fully saturated rings. The van der Waals surface area contributed by atoms with Gasteiger partial charge >= 0.3 is 0 Å². The molecule has 0 aliphatic carbocycles. The van der Waals surface area contributed by atoms with Gasteiger partial charge in [-0.25, -0.2) is 44.9 Å². The van der Waals surface area contributed by atoms with Gasteiger partial charge in [-0.1, -0.05) is 345 Å². The predicted octanol–water partition coefficient (Wildman–Crippen LogP) is 32.7. The number of fused-ring (bicyclic) bond motifs is 16. The number of halogens is 5. The minimum Gasteiger partial charge on any atom is -0.294 e. The van der Waals surface area contributed by atoms with Crippen molar-refractivity contribution in [2.45, 2.75) is 0 Å². The number of rotatable bonds is 9. The van der Waals surface area contributed by atoms with Crippen molar-refractivity contribution < 1.29 is 0 Å². The van der Waals surface area contributed by atoms with E-state index in [9.17, 15) is 0 Å². The number of nitrogens with zero attached hydrogens (tertiary/aromatic N) is 14. The van der Waals surface area contributed by atoms with Crippen molar-refractivity contribution in [2.75, 3.05) is 0 Å². The average Bonchev–Trinajstić information content (AvgIpc) is 1.57. The van der Waals surface area contributed by atoms with Crippen molar-refractivity contribution in [3.05, 3.63) is 467 Å².